The third-order valence-corrected chi connectivity index (χ3v) is 23.9. The van der Waals surface area contributed by atoms with E-state index in [2.05, 4.69) is 43.9 Å². The largest absolute Gasteiger partial charge is 0.391 e. The van der Waals surface area contributed by atoms with Crippen LogP contribution >= 0.6 is 35.3 Å². The molecule has 23 nitrogen and oxygen atoms in total. The summed E-state index contributed by atoms with van der Waals surface area (Å²) in [5.74, 6) is -2.67. The van der Waals surface area contributed by atoms with Gasteiger partial charge >= 0.3 is 0 Å². The van der Waals surface area contributed by atoms with E-state index < -0.39 is 60.0 Å². The minimum absolute atomic E-state index is 0.0407. The van der Waals surface area contributed by atoms with Crippen LogP contribution in [0.4, 0.5) is 0 Å². The van der Waals surface area contributed by atoms with Crippen molar-refractivity contribution in [2.24, 2.45) is 11.3 Å². The van der Waals surface area contributed by atoms with E-state index >= 15 is 0 Å². The van der Waals surface area contributed by atoms with Gasteiger partial charge in [0, 0.05) is 94.9 Å². The molecule has 2 aromatic heterocycles. The second-order valence-corrected chi connectivity index (χ2v) is 33.3. The average Bonchev–Trinajstić information content (AvgIpc) is 1.64. The number of fused-ring (bicyclic) bond motifs is 2. The summed E-state index contributed by atoms with van der Waals surface area (Å²) in [4.78, 5) is 138. The van der Waals surface area contributed by atoms with Crippen LogP contribution in [-0.4, -0.2) is 183 Å². The number of rotatable bonds is 23. The lowest BCUT2D eigenvalue weighted by atomic mass is 9.85. The second kappa shape index (κ2) is 37.7. The molecule has 9 amide bonds. The normalized spacial score (nSPS) is 19.0. The molecule has 14 rings (SSSR count). The fourth-order valence-corrected chi connectivity index (χ4v) is 17.4. The van der Waals surface area contributed by atoms with E-state index in [4.69, 9.17) is 0 Å². The van der Waals surface area contributed by atoms with Crippen molar-refractivity contribution in [3.05, 3.63) is 249 Å². The van der Waals surface area contributed by atoms with Crippen LogP contribution in [0.2, 0.25) is 0 Å². The monoisotopic (exact) mass is 1610 g/mol. The maximum Gasteiger partial charge on any atom is 0.255 e. The predicted octanol–water partition coefficient (Wildman–Crippen LogP) is 10.1. The molecule has 0 bridgehead atoms. The minimum atomic E-state index is -0.834. The number of amides is 9. The van der Waals surface area contributed by atoms with Gasteiger partial charge in [-0.1, -0.05) is 204 Å². The molecule has 26 heteroatoms. The maximum absolute atomic E-state index is 13.8. The highest BCUT2D eigenvalue weighted by atomic mass is 32.1. The minimum Gasteiger partial charge on any atom is -0.391 e. The third-order valence-electron chi connectivity index (χ3n) is 21.6. The Hall–Kier alpha value is -10.7. The molecule has 600 valence electrons. The van der Waals surface area contributed by atoms with Gasteiger partial charge < -0.3 is 61.1 Å². The molecule has 3 saturated heterocycles. The van der Waals surface area contributed by atoms with Gasteiger partial charge in [0.05, 0.1) is 50.5 Å². The molecular weight excluding hydrogens is 1510 g/mol. The number of likely N-dealkylation sites (tertiary alicyclic amines) is 3. The molecule has 5 aliphatic heterocycles. The summed E-state index contributed by atoms with van der Waals surface area (Å²) in [5, 5.41) is 42.8. The summed E-state index contributed by atoms with van der Waals surface area (Å²) in [7, 11) is 0. The Bertz CT molecular complexity index is 4940. The first-order valence-electron chi connectivity index (χ1n) is 38.9. The lowest BCUT2D eigenvalue weighted by Crippen LogP contribution is -2.57. The Balaban J connectivity index is 0.000000159. The van der Waals surface area contributed by atoms with Gasteiger partial charge in [-0.3, -0.25) is 43.2 Å². The van der Waals surface area contributed by atoms with E-state index in [9.17, 15) is 58.5 Å². The molecule has 7 heterocycles. The zero-order valence-electron chi connectivity index (χ0n) is 65.6. The highest BCUT2D eigenvalue weighted by molar-refractivity contribution is 7.80. The molecule has 9 aromatic rings. The van der Waals surface area contributed by atoms with E-state index in [0.717, 1.165) is 76.8 Å². The van der Waals surface area contributed by atoms with Crippen molar-refractivity contribution >= 4 is 88.5 Å². The standard InChI is InChI=1S/C31H38N4O4S.C31H33N3O4.C27H28N4O4S2/c1-20-27(40-19-33-20)23-13-10-22(11-14-23)17-32-29(38)25-16-24(36)18-35(25)30(39)28(31(2,3)4)34-26(37)15-12-21-8-6-5-7-9-21;1-20(2)28(34-18-24-10-6-7-11-26(24)30(34)37)31(38)33-19-25(35)16-27(33)29(36)32-17-21-12-14-23(15-13-21)22-8-4-3-5-9-22;1-16-24(37-15-29-16)18-8-6-17(7-9-18)11-28-25(33)22-10-20(32)13-31(22)27(35)23(14-36)30-12-19-4-2-3-5-21(19)26(30)34/h5-11,13-14,19,24-25,28,36H,12,15-18H2,1-4H3,(H,32,38)(H,34,37);3-15,20,25,27-28,35H,16-19H2,1-2H3,(H,32,36);2-9,15,20,22-23,32,36H,10-14H2,1H3,(H,28,33)/t24-,25+,28-;25-,27+,28+;20-,22+,23+/m111/s1. The van der Waals surface area contributed by atoms with E-state index in [1.807, 2.05) is 223 Å². The number of hydrogen-bond acceptors (Lipinski definition) is 17. The van der Waals surface area contributed by atoms with Crippen molar-refractivity contribution in [1.29, 1.82) is 0 Å². The molecule has 0 radical (unpaired) electrons. The molecular formula is C89H99N11O12S3. The summed E-state index contributed by atoms with van der Waals surface area (Å²) in [6.07, 6.45) is -1.13. The van der Waals surface area contributed by atoms with Crippen molar-refractivity contribution in [3.63, 3.8) is 0 Å². The molecule has 7 N–H and O–H groups in total. The molecule has 0 aliphatic carbocycles. The van der Waals surface area contributed by atoms with E-state index in [1.165, 1.54) is 19.6 Å². The summed E-state index contributed by atoms with van der Waals surface area (Å²) in [5.41, 5.74) is 16.1. The summed E-state index contributed by atoms with van der Waals surface area (Å²) in [6.45, 7) is 15.1. The summed E-state index contributed by atoms with van der Waals surface area (Å²) < 4.78 is 0. The number of carbonyl (C=O) groups excluding carboxylic acids is 9. The third kappa shape index (κ3) is 20.1. The van der Waals surface area contributed by atoms with Gasteiger partial charge in [-0.2, -0.15) is 12.6 Å². The molecule has 3 fully saturated rings. The number of aryl methyl sites for hydroxylation is 3. The number of carbonyl (C=O) groups is 9. The van der Waals surface area contributed by atoms with Crippen molar-refractivity contribution in [2.45, 2.75) is 168 Å². The smallest absolute Gasteiger partial charge is 0.255 e. The first kappa shape index (κ1) is 83.7. The predicted molar refractivity (Wildman–Crippen MR) is 445 cm³/mol. The Morgan fingerprint density at radius 3 is 1.28 bits per heavy atom. The van der Waals surface area contributed by atoms with Crippen LogP contribution < -0.4 is 21.3 Å². The molecule has 0 spiro atoms. The van der Waals surface area contributed by atoms with Gasteiger partial charge in [0.2, 0.25) is 41.4 Å². The highest BCUT2D eigenvalue weighted by Gasteiger charge is 2.49. The maximum atomic E-state index is 13.8. The number of aliphatic hydroxyl groups is 3. The van der Waals surface area contributed by atoms with Crippen LogP contribution in [0.25, 0.3) is 32.0 Å². The number of nitrogens with zero attached hydrogens (tertiary/aromatic N) is 7. The first-order valence-corrected chi connectivity index (χ1v) is 41.3. The summed E-state index contributed by atoms with van der Waals surface area (Å²) >= 11 is 7.54. The van der Waals surface area contributed by atoms with Crippen molar-refractivity contribution in [1.82, 2.24) is 55.7 Å². The van der Waals surface area contributed by atoms with Crippen LogP contribution in [0.3, 0.4) is 0 Å². The Morgan fingerprint density at radius 1 is 0.487 bits per heavy atom. The molecule has 0 unspecified atom stereocenters. The highest BCUT2D eigenvalue weighted by Crippen LogP contribution is 2.35. The number of aromatic nitrogens is 2. The summed E-state index contributed by atoms with van der Waals surface area (Å²) in [6, 6.07) is 53.4. The molecule has 5 aliphatic rings. The van der Waals surface area contributed by atoms with Crippen LogP contribution in [0.5, 0.6) is 0 Å². The van der Waals surface area contributed by atoms with Gasteiger partial charge in [-0.05, 0) is 99.4 Å². The zero-order valence-corrected chi connectivity index (χ0v) is 68.1. The number of aliphatic hydroxyl groups excluding tert-OH is 3. The Kier molecular flexibility index (Phi) is 27.4. The second-order valence-electron chi connectivity index (χ2n) is 31.3. The zero-order chi connectivity index (χ0) is 81.8. The number of thiol groups is 1. The number of nitrogens with one attached hydrogen (secondary N) is 4. The van der Waals surface area contributed by atoms with Gasteiger partial charge in [0.25, 0.3) is 11.8 Å². The average molecular weight is 1610 g/mol. The SMILES string of the molecule is CC(C)[C@@H](C(=O)N1C[C@H](O)C[C@H]1C(=O)NCc1ccc(-c2ccccc2)cc1)N1Cc2ccccc2C1=O.Cc1ncsc1-c1ccc(CNC(=O)[C@@H]2C[C@@H](O)CN2C(=O)[C@@H](NC(=O)CCc2ccccc2)C(C)(C)C)cc1.Cc1ncsc1-c1ccc(CNC(=O)[C@@H]2C[C@@H](O)CN2C(=O)[C@H](CS)N2Cc3ccccc3C2=O)cc1. The van der Waals surface area contributed by atoms with Crippen molar-refractivity contribution in [3.8, 4) is 32.0 Å². The van der Waals surface area contributed by atoms with Gasteiger partial charge in [0.1, 0.15) is 36.3 Å². The Labute approximate surface area is 684 Å². The lowest BCUT2D eigenvalue weighted by molar-refractivity contribution is -0.144. The van der Waals surface area contributed by atoms with Crippen LogP contribution in [0.15, 0.2) is 193 Å². The fourth-order valence-electron chi connectivity index (χ4n) is 15.4. The fraction of sp³-hybridized carbons (Fsp3) is 0.360. The topological polar surface area (TPSA) is 304 Å². The van der Waals surface area contributed by atoms with Crippen molar-refractivity contribution in [2.75, 3.05) is 25.4 Å². The van der Waals surface area contributed by atoms with E-state index in [0.29, 0.717) is 50.3 Å². The first-order chi connectivity index (χ1) is 55.2. The van der Waals surface area contributed by atoms with Gasteiger partial charge in [-0.15, -0.1) is 22.7 Å². The van der Waals surface area contributed by atoms with E-state index in [-0.39, 0.29) is 110 Å². The Morgan fingerprint density at radius 2 is 0.870 bits per heavy atom. The van der Waals surface area contributed by atoms with E-state index in [1.54, 1.807) is 45.8 Å². The van der Waals surface area contributed by atoms with Crippen molar-refractivity contribution < 1.29 is 58.5 Å². The quantitative estimate of drug-likeness (QED) is 0.0276. The lowest BCUT2D eigenvalue weighted by Gasteiger charge is -2.35. The number of benzene rings is 7. The number of thiazole rings is 2. The molecule has 0 saturated carbocycles. The number of hydrogen-bond donors (Lipinski definition) is 8. The van der Waals surface area contributed by atoms with Gasteiger partial charge in [-0.25, -0.2) is 9.97 Å². The molecule has 9 atom stereocenters. The molecule has 7 aromatic carbocycles. The van der Waals surface area contributed by atoms with Crippen LogP contribution in [0, 0.1) is 25.2 Å². The molecule has 115 heavy (non-hydrogen) atoms. The van der Waals surface area contributed by atoms with Gasteiger partial charge in [0.15, 0.2) is 0 Å². The van der Waals surface area contributed by atoms with Crippen LogP contribution in [-0.2, 0) is 72.7 Å². The number of β-amino-alcohol motifs (C(OH)–C–C–N with tert-alkyl or cyclic N) is 3. The van der Waals surface area contributed by atoms with Crippen LogP contribution in [0.1, 0.15) is 126 Å².